The second-order valence-corrected chi connectivity index (χ2v) is 46.0. The van der Waals surface area contributed by atoms with Gasteiger partial charge in [-0.1, -0.05) is 125 Å². The van der Waals surface area contributed by atoms with Crippen LogP contribution in [-0.4, -0.2) is 30.2 Å². The molecule has 0 aromatic heterocycles. The van der Waals surface area contributed by atoms with Gasteiger partial charge >= 0.3 is 0 Å². The van der Waals surface area contributed by atoms with Gasteiger partial charge in [-0.15, -0.1) is 15.3 Å². The zero-order valence-corrected chi connectivity index (χ0v) is 29.0. The van der Waals surface area contributed by atoms with E-state index in [2.05, 4.69) is 140 Å². The molecule has 0 spiro atoms. The van der Waals surface area contributed by atoms with Crippen LogP contribution in [0.15, 0.2) is 0 Å². The minimum atomic E-state index is -1.87. The first-order chi connectivity index (χ1) is 12.2. The second kappa shape index (κ2) is 8.29. The molecule has 0 N–H and O–H groups in total. The van der Waals surface area contributed by atoms with Crippen molar-refractivity contribution < 1.29 is 0 Å². The van der Waals surface area contributed by atoms with Crippen molar-refractivity contribution in [1.82, 2.24) is 0 Å². The van der Waals surface area contributed by atoms with Crippen LogP contribution in [0, 0.1) is 0 Å². The lowest BCUT2D eigenvalue weighted by molar-refractivity contribution is 0.544. The van der Waals surface area contributed by atoms with Gasteiger partial charge in [-0.2, -0.15) is 0 Å². The smallest absolute Gasteiger partial charge is 0.116 e. The third kappa shape index (κ3) is 4.56. The van der Waals surface area contributed by atoms with E-state index in [9.17, 15) is 0 Å². The topological polar surface area (TPSA) is 0 Å². The van der Waals surface area contributed by atoms with Gasteiger partial charge in [0.2, 0.25) is 0 Å². The Balaban J connectivity index is 8.05. The third-order valence-corrected chi connectivity index (χ3v) is 67.3. The Hall–Kier alpha value is 1.35. The Morgan fingerprint density at radius 2 is 0.552 bits per heavy atom. The standard InChI is InChI=1S/C24H54BrSi4/c1-19(2,3)28(20(4,5)6,21(7,8)9)27(26-25)29(22(10,11)12,23(13,14)15)24(16,17)18/h1-18H3. The molecule has 0 aromatic carbocycles. The molecule has 0 rings (SSSR count). The summed E-state index contributed by atoms with van der Waals surface area (Å²) in [4.78, 5) is 0. The monoisotopic (exact) mass is 533 g/mol. The van der Waals surface area contributed by atoms with Gasteiger partial charge in [-0.25, -0.2) is 0 Å². The van der Waals surface area contributed by atoms with Crippen LogP contribution in [0.1, 0.15) is 125 Å². The van der Waals surface area contributed by atoms with Gasteiger partial charge in [-0.3, -0.25) is 0 Å². The van der Waals surface area contributed by atoms with E-state index in [1.807, 2.05) is 0 Å². The maximum Gasteiger partial charge on any atom is 0.116 e. The van der Waals surface area contributed by atoms with E-state index < -0.39 is 22.5 Å². The van der Waals surface area contributed by atoms with Gasteiger partial charge in [0.25, 0.3) is 0 Å². The largest absolute Gasteiger partial charge is 0.136 e. The van der Waals surface area contributed by atoms with Crippen molar-refractivity contribution in [2.24, 2.45) is 0 Å². The van der Waals surface area contributed by atoms with E-state index in [1.165, 1.54) is 0 Å². The van der Waals surface area contributed by atoms with Crippen molar-refractivity contribution in [3.05, 3.63) is 0 Å². The molecule has 0 heterocycles. The number of rotatable bonds is 3. The Bertz CT molecular complexity index is 433. The summed E-state index contributed by atoms with van der Waals surface area (Å²) in [6.07, 6.45) is 0. The molecule has 0 atom stereocenters. The molecule has 0 saturated heterocycles. The lowest BCUT2D eigenvalue weighted by atomic mass is 10.2. The SMILES string of the molecule is CC(C)(C)[Si]([Si]([Si]Br)[Si](C(C)(C)C)(C(C)(C)C)C(C)(C)C)(C(C)(C)C)C(C)(C)C. The van der Waals surface area contributed by atoms with Crippen molar-refractivity contribution in [2.75, 3.05) is 0 Å². The molecule has 5 heteroatoms. The number of hydrogen-bond acceptors (Lipinski definition) is 0. The van der Waals surface area contributed by atoms with Crippen molar-refractivity contribution in [3.63, 3.8) is 0 Å². The van der Waals surface area contributed by atoms with E-state index in [-0.39, 0.29) is 0 Å². The summed E-state index contributed by atoms with van der Waals surface area (Å²) in [7, 11) is -3.50. The molecule has 29 heavy (non-hydrogen) atoms. The molecule has 0 saturated carbocycles. The Kier molecular flexibility index (Phi) is 8.67. The molecule has 0 bridgehead atoms. The summed E-state index contributed by atoms with van der Waals surface area (Å²) in [6.45, 7) is 47.0. The van der Waals surface area contributed by atoms with Crippen LogP contribution in [0.5, 0.6) is 0 Å². The zero-order valence-electron chi connectivity index (χ0n) is 23.4. The van der Waals surface area contributed by atoms with Crippen LogP contribution in [0.3, 0.4) is 0 Å². The van der Waals surface area contributed by atoms with Crippen molar-refractivity contribution in [2.45, 2.75) is 155 Å². The molecule has 0 fully saturated rings. The third-order valence-electron chi connectivity index (χ3n) is 7.59. The van der Waals surface area contributed by atoms with E-state index in [0.717, 1.165) is 7.66 Å². The van der Waals surface area contributed by atoms with Crippen LogP contribution >= 0.6 is 15.3 Å². The number of hydrogen-bond donors (Lipinski definition) is 0. The fourth-order valence-corrected chi connectivity index (χ4v) is 108. The fraction of sp³-hybridized carbons (Fsp3) is 1.00. The molecule has 0 aliphatic heterocycles. The van der Waals surface area contributed by atoms with Crippen molar-refractivity contribution in [3.8, 4) is 0 Å². The van der Waals surface area contributed by atoms with Crippen molar-refractivity contribution >= 4 is 45.5 Å². The quantitative estimate of drug-likeness (QED) is 0.250. The van der Waals surface area contributed by atoms with Gasteiger partial charge in [0.1, 0.15) is 7.66 Å². The van der Waals surface area contributed by atoms with Gasteiger partial charge in [-0.05, 0) is 30.2 Å². The molecule has 0 aromatic rings. The summed E-state index contributed by atoms with van der Waals surface area (Å²) in [6, 6.07) is 0. The Morgan fingerprint density at radius 1 is 0.414 bits per heavy atom. The van der Waals surface area contributed by atoms with E-state index in [0.29, 0.717) is 30.2 Å². The first-order valence-corrected chi connectivity index (χ1v) is 23.2. The summed E-state index contributed by atoms with van der Waals surface area (Å²) < 4.78 is 0. The average Bonchev–Trinajstić information content (AvgIpc) is 2.26. The molecular weight excluding hydrogens is 481 g/mol. The lowest BCUT2D eigenvalue weighted by Gasteiger charge is -2.72. The highest BCUT2D eigenvalue weighted by Crippen LogP contribution is 2.71. The molecular formula is C24H54BrSi4. The minimum absolute atomic E-state index is 0.360. The molecule has 3 radical (unpaired) electrons. The Labute approximate surface area is 199 Å². The maximum atomic E-state index is 4.28. The second-order valence-electron chi connectivity index (χ2n) is 15.5. The maximum absolute atomic E-state index is 4.28. The fourth-order valence-electron chi connectivity index (χ4n) is 9.42. The molecule has 0 aliphatic rings. The molecule has 0 nitrogen and oxygen atoms in total. The average molecular weight is 535 g/mol. The van der Waals surface area contributed by atoms with E-state index in [4.69, 9.17) is 0 Å². The van der Waals surface area contributed by atoms with Gasteiger partial charge in [0.05, 0.1) is 15.2 Å². The van der Waals surface area contributed by atoms with Gasteiger partial charge < -0.3 is 0 Å². The highest BCUT2D eigenvalue weighted by atomic mass is 79.9. The molecule has 0 aliphatic carbocycles. The normalized spacial score (nSPS) is 16.6. The van der Waals surface area contributed by atoms with Crippen molar-refractivity contribution in [1.29, 1.82) is 0 Å². The summed E-state index contributed by atoms with van der Waals surface area (Å²) in [5.41, 5.74) is 0. The summed E-state index contributed by atoms with van der Waals surface area (Å²) in [5.74, 6) is 0. The molecule has 0 amide bonds. The minimum Gasteiger partial charge on any atom is -0.136 e. The summed E-state index contributed by atoms with van der Waals surface area (Å²) >= 11 is 4.28. The lowest BCUT2D eigenvalue weighted by Crippen LogP contribution is -2.84. The van der Waals surface area contributed by atoms with Crippen LogP contribution < -0.4 is 0 Å². The predicted octanol–water partition coefficient (Wildman–Crippen LogP) is 9.85. The van der Waals surface area contributed by atoms with Crippen LogP contribution in [0.4, 0.5) is 0 Å². The van der Waals surface area contributed by atoms with E-state index in [1.54, 1.807) is 0 Å². The molecule has 0 unspecified atom stereocenters. The van der Waals surface area contributed by atoms with Crippen LogP contribution in [0.2, 0.25) is 30.2 Å². The predicted molar refractivity (Wildman–Crippen MR) is 150 cm³/mol. The first kappa shape index (κ1) is 30.3. The van der Waals surface area contributed by atoms with Crippen LogP contribution in [-0.2, 0) is 0 Å². The van der Waals surface area contributed by atoms with E-state index >= 15 is 0 Å². The zero-order chi connectivity index (χ0) is 24.3. The first-order valence-electron chi connectivity index (χ1n) is 11.4. The van der Waals surface area contributed by atoms with Gasteiger partial charge in [0.15, 0.2) is 0 Å². The molecule has 173 valence electrons. The Morgan fingerprint density at radius 3 is 0.621 bits per heavy atom. The highest BCUT2D eigenvalue weighted by molar-refractivity contribution is 9.25. The number of halogens is 1. The van der Waals surface area contributed by atoms with Crippen LogP contribution in [0.25, 0.3) is 0 Å². The highest BCUT2D eigenvalue weighted by Gasteiger charge is 2.74. The van der Waals surface area contributed by atoms with Gasteiger partial charge in [0, 0.05) is 7.35 Å². The summed E-state index contributed by atoms with van der Waals surface area (Å²) in [5, 5.41) is 2.16.